The lowest BCUT2D eigenvalue weighted by atomic mass is 10.1. The molecule has 0 bridgehead atoms. The molecule has 0 saturated carbocycles. The first-order valence-corrected chi connectivity index (χ1v) is 8.59. The van der Waals surface area contributed by atoms with Crippen LogP contribution in [0.15, 0.2) is 30.3 Å². The Hall–Kier alpha value is -1.59. The smallest absolute Gasteiger partial charge is 0.317 e. The van der Waals surface area contributed by atoms with Crippen molar-refractivity contribution in [3.8, 4) is 0 Å². The van der Waals surface area contributed by atoms with Gasteiger partial charge in [0.1, 0.15) is 6.10 Å². The molecule has 2 heterocycles. The Balaban J connectivity index is 1.53. The van der Waals surface area contributed by atoms with Crippen LogP contribution in [0.3, 0.4) is 0 Å². The summed E-state index contributed by atoms with van der Waals surface area (Å²) in [4.78, 5) is 16.9. The molecule has 2 unspecified atom stereocenters. The molecule has 0 aliphatic carbocycles. The van der Waals surface area contributed by atoms with Crippen LogP contribution in [0.4, 0.5) is 4.79 Å². The predicted molar refractivity (Wildman–Crippen MR) is 90.4 cm³/mol. The van der Waals surface area contributed by atoms with Gasteiger partial charge in [0.05, 0.1) is 13.2 Å². The second-order valence-corrected chi connectivity index (χ2v) is 6.74. The van der Waals surface area contributed by atoms with E-state index < -0.39 is 0 Å². The molecule has 2 aliphatic heterocycles. The molecule has 2 atom stereocenters. The monoisotopic (exact) mass is 317 g/mol. The SMILES string of the molecule is CC(C)N1CCC(NC(=O)N2CCOC(c3ccccc3)C2)C1. The quantitative estimate of drug-likeness (QED) is 0.930. The number of urea groups is 1. The molecular weight excluding hydrogens is 290 g/mol. The first-order valence-electron chi connectivity index (χ1n) is 8.59. The van der Waals surface area contributed by atoms with Gasteiger partial charge in [-0.05, 0) is 25.8 Å². The third-order valence-electron chi connectivity index (χ3n) is 4.80. The number of carbonyl (C=O) groups is 1. The van der Waals surface area contributed by atoms with Crippen LogP contribution >= 0.6 is 0 Å². The fourth-order valence-corrected chi connectivity index (χ4v) is 3.34. The molecule has 1 N–H and O–H groups in total. The highest BCUT2D eigenvalue weighted by molar-refractivity contribution is 5.74. The predicted octanol–water partition coefficient (Wildman–Crippen LogP) is 2.25. The van der Waals surface area contributed by atoms with E-state index in [1.54, 1.807) is 0 Å². The number of nitrogens with one attached hydrogen (secondary N) is 1. The van der Waals surface area contributed by atoms with Crippen molar-refractivity contribution < 1.29 is 9.53 Å². The highest BCUT2D eigenvalue weighted by Gasteiger charge is 2.29. The van der Waals surface area contributed by atoms with Crippen LogP contribution in [0.25, 0.3) is 0 Å². The maximum absolute atomic E-state index is 12.5. The molecule has 2 aliphatic rings. The highest BCUT2D eigenvalue weighted by atomic mass is 16.5. The fourth-order valence-electron chi connectivity index (χ4n) is 3.34. The molecule has 1 aromatic rings. The van der Waals surface area contributed by atoms with E-state index in [4.69, 9.17) is 4.74 Å². The zero-order valence-corrected chi connectivity index (χ0v) is 14.1. The first-order chi connectivity index (χ1) is 11.1. The van der Waals surface area contributed by atoms with Crippen LogP contribution in [-0.4, -0.2) is 60.7 Å². The maximum atomic E-state index is 12.5. The number of nitrogens with zero attached hydrogens (tertiary/aromatic N) is 2. The van der Waals surface area contributed by atoms with Crippen molar-refractivity contribution in [2.45, 2.75) is 38.5 Å². The van der Waals surface area contributed by atoms with Crippen LogP contribution < -0.4 is 5.32 Å². The Labute approximate surface area is 138 Å². The van der Waals surface area contributed by atoms with Crippen molar-refractivity contribution in [1.29, 1.82) is 0 Å². The Morgan fingerprint density at radius 1 is 1.22 bits per heavy atom. The fraction of sp³-hybridized carbons (Fsp3) is 0.611. The molecule has 2 fully saturated rings. The van der Waals surface area contributed by atoms with Crippen molar-refractivity contribution >= 4 is 6.03 Å². The second kappa shape index (κ2) is 7.32. The van der Waals surface area contributed by atoms with E-state index in [1.165, 1.54) is 0 Å². The summed E-state index contributed by atoms with van der Waals surface area (Å²) in [6, 6.07) is 11.0. The molecular formula is C18H27N3O2. The van der Waals surface area contributed by atoms with E-state index in [0.29, 0.717) is 25.7 Å². The average molecular weight is 317 g/mol. The van der Waals surface area contributed by atoms with Crippen LogP contribution in [0.2, 0.25) is 0 Å². The largest absolute Gasteiger partial charge is 0.370 e. The minimum Gasteiger partial charge on any atom is -0.370 e. The molecule has 3 rings (SSSR count). The topological polar surface area (TPSA) is 44.8 Å². The van der Waals surface area contributed by atoms with Gasteiger partial charge < -0.3 is 15.0 Å². The van der Waals surface area contributed by atoms with Gasteiger partial charge >= 0.3 is 6.03 Å². The summed E-state index contributed by atoms with van der Waals surface area (Å²) < 4.78 is 5.83. The van der Waals surface area contributed by atoms with Crippen molar-refractivity contribution in [3.63, 3.8) is 0 Å². The van der Waals surface area contributed by atoms with E-state index in [2.05, 4.69) is 36.2 Å². The number of morpholine rings is 1. The zero-order chi connectivity index (χ0) is 16.2. The summed E-state index contributed by atoms with van der Waals surface area (Å²) in [5.74, 6) is 0. The lowest BCUT2D eigenvalue weighted by Crippen LogP contribution is -2.50. The Morgan fingerprint density at radius 2 is 2.00 bits per heavy atom. The Kier molecular flexibility index (Phi) is 5.18. The van der Waals surface area contributed by atoms with Crippen LogP contribution in [-0.2, 0) is 4.74 Å². The lowest BCUT2D eigenvalue weighted by molar-refractivity contribution is -0.0157. The maximum Gasteiger partial charge on any atom is 0.317 e. The average Bonchev–Trinajstić information content (AvgIpc) is 3.04. The number of likely N-dealkylation sites (tertiary alicyclic amines) is 1. The molecule has 0 aromatic heterocycles. The number of hydrogen-bond acceptors (Lipinski definition) is 3. The normalized spacial score (nSPS) is 25.8. The summed E-state index contributed by atoms with van der Waals surface area (Å²) in [5, 5.41) is 3.20. The van der Waals surface area contributed by atoms with Crippen molar-refractivity contribution in [2.24, 2.45) is 0 Å². The van der Waals surface area contributed by atoms with Gasteiger partial charge in [0, 0.05) is 31.7 Å². The van der Waals surface area contributed by atoms with Crippen LogP contribution in [0.1, 0.15) is 31.9 Å². The van der Waals surface area contributed by atoms with E-state index >= 15 is 0 Å². The molecule has 126 valence electrons. The zero-order valence-electron chi connectivity index (χ0n) is 14.1. The van der Waals surface area contributed by atoms with Crippen molar-refractivity contribution in [1.82, 2.24) is 15.1 Å². The number of amides is 2. The summed E-state index contributed by atoms with van der Waals surface area (Å²) in [5.41, 5.74) is 1.14. The molecule has 1 aromatic carbocycles. The van der Waals surface area contributed by atoms with Gasteiger partial charge in [-0.1, -0.05) is 30.3 Å². The van der Waals surface area contributed by atoms with Crippen LogP contribution in [0.5, 0.6) is 0 Å². The van der Waals surface area contributed by atoms with E-state index in [0.717, 1.165) is 25.1 Å². The molecule has 2 saturated heterocycles. The number of hydrogen-bond donors (Lipinski definition) is 1. The number of rotatable bonds is 3. The second-order valence-electron chi connectivity index (χ2n) is 6.74. The molecule has 5 heteroatoms. The number of benzene rings is 1. The van der Waals surface area contributed by atoms with Gasteiger partial charge in [-0.2, -0.15) is 0 Å². The molecule has 0 radical (unpaired) electrons. The Morgan fingerprint density at radius 3 is 2.70 bits per heavy atom. The van der Waals surface area contributed by atoms with Gasteiger partial charge in [-0.15, -0.1) is 0 Å². The summed E-state index contributed by atoms with van der Waals surface area (Å²) in [7, 11) is 0. The summed E-state index contributed by atoms with van der Waals surface area (Å²) in [6.07, 6.45) is 1.02. The molecule has 5 nitrogen and oxygen atoms in total. The van der Waals surface area contributed by atoms with Gasteiger partial charge in [0.25, 0.3) is 0 Å². The summed E-state index contributed by atoms with van der Waals surface area (Å²) >= 11 is 0. The third kappa shape index (κ3) is 4.03. The minimum absolute atomic E-state index is 0.0218. The number of ether oxygens (including phenoxy) is 1. The Bertz CT molecular complexity index is 520. The molecule has 2 amide bonds. The molecule has 0 spiro atoms. The molecule has 23 heavy (non-hydrogen) atoms. The minimum atomic E-state index is -0.0218. The van der Waals surface area contributed by atoms with Gasteiger partial charge in [-0.25, -0.2) is 4.79 Å². The summed E-state index contributed by atoms with van der Waals surface area (Å²) in [6.45, 7) is 8.31. The van der Waals surface area contributed by atoms with E-state index in [1.807, 2.05) is 23.1 Å². The van der Waals surface area contributed by atoms with E-state index in [9.17, 15) is 4.79 Å². The van der Waals surface area contributed by atoms with Gasteiger partial charge in [0.2, 0.25) is 0 Å². The van der Waals surface area contributed by atoms with E-state index in [-0.39, 0.29) is 18.2 Å². The number of carbonyl (C=O) groups excluding carboxylic acids is 1. The van der Waals surface area contributed by atoms with Crippen molar-refractivity contribution in [3.05, 3.63) is 35.9 Å². The van der Waals surface area contributed by atoms with Crippen LogP contribution in [0, 0.1) is 0 Å². The van der Waals surface area contributed by atoms with Gasteiger partial charge in [-0.3, -0.25) is 4.90 Å². The first kappa shape index (κ1) is 16.3. The highest BCUT2D eigenvalue weighted by Crippen LogP contribution is 2.22. The standard InChI is InChI=1S/C18H27N3O2/c1-14(2)20-9-8-16(12-20)19-18(22)21-10-11-23-17(13-21)15-6-4-3-5-7-15/h3-7,14,16-17H,8-13H2,1-2H3,(H,19,22). The van der Waals surface area contributed by atoms with Crippen molar-refractivity contribution in [2.75, 3.05) is 32.8 Å². The van der Waals surface area contributed by atoms with Gasteiger partial charge in [0.15, 0.2) is 0 Å². The lowest BCUT2D eigenvalue weighted by Gasteiger charge is -2.34. The third-order valence-corrected chi connectivity index (χ3v) is 4.80.